The van der Waals surface area contributed by atoms with Crippen LogP contribution in [0.3, 0.4) is 0 Å². The number of nitrogens with zero attached hydrogens (tertiary/aromatic N) is 1. The van der Waals surface area contributed by atoms with Crippen LogP contribution in [-0.4, -0.2) is 16.6 Å². The smallest absolute Gasteiger partial charge is 0.416 e. The summed E-state index contributed by atoms with van der Waals surface area (Å²) in [7, 11) is 0. The molecule has 0 fully saturated rings. The second kappa shape index (κ2) is 6.10. The standard InChI is InChI=1S/C16H12F3N2OS/c1-8-13(9(2)22)14(11(7-20)15(23)21-8)10-5-3-4-6-12(10)16(17,18)19/h3-6,14H,1-2H3,(H,21,23)/q-1. The van der Waals surface area contributed by atoms with E-state index < -0.39 is 23.4 Å². The van der Waals surface area contributed by atoms with E-state index in [0.717, 1.165) is 6.07 Å². The maximum atomic E-state index is 13.3. The summed E-state index contributed by atoms with van der Waals surface area (Å²) in [5.74, 6) is 0.314. The summed E-state index contributed by atoms with van der Waals surface area (Å²) in [6.07, 6.45) is -4.60. The van der Waals surface area contributed by atoms with Crippen LogP contribution >= 0.6 is 12.2 Å². The molecule has 1 aromatic rings. The van der Waals surface area contributed by atoms with Crippen molar-refractivity contribution in [2.45, 2.75) is 25.9 Å². The second-order valence-corrected chi connectivity index (χ2v) is 5.50. The monoisotopic (exact) mass is 337 g/mol. The predicted octanol–water partition coefficient (Wildman–Crippen LogP) is 3.75. The number of ketones is 1. The number of carbonyl (C=O) groups is 1. The van der Waals surface area contributed by atoms with E-state index in [9.17, 15) is 23.4 Å². The summed E-state index contributed by atoms with van der Waals surface area (Å²) < 4.78 is 39.9. The Morgan fingerprint density at radius 1 is 1.35 bits per heavy atom. The number of nitrogens with one attached hydrogen (secondary N) is 1. The molecule has 1 heterocycles. The number of Topliss-reactive ketones (excluding diaryl/α,β-unsaturated/α-hetero) is 1. The van der Waals surface area contributed by atoms with Crippen molar-refractivity contribution in [1.82, 2.24) is 5.32 Å². The quantitative estimate of drug-likeness (QED) is 0.508. The number of allylic oxidation sites excluding steroid dienone is 2. The predicted molar refractivity (Wildman–Crippen MR) is 85.2 cm³/mol. The molecule has 1 N–H and O–H groups in total. The van der Waals surface area contributed by atoms with Crippen LogP contribution in [-0.2, 0) is 11.0 Å². The molecule has 1 aliphatic heterocycles. The fraction of sp³-hybridized carbons (Fsp3) is 0.250. The number of halogens is 3. The largest absolute Gasteiger partial charge is 0.763 e. The first-order valence-electron chi connectivity index (χ1n) is 6.64. The van der Waals surface area contributed by atoms with Gasteiger partial charge in [0.15, 0.2) is 5.78 Å². The molecule has 2 rings (SSSR count). The van der Waals surface area contributed by atoms with Gasteiger partial charge in [-0.15, -0.1) is 0 Å². The van der Waals surface area contributed by atoms with Crippen LogP contribution < -0.4 is 5.32 Å². The van der Waals surface area contributed by atoms with E-state index >= 15 is 0 Å². The second-order valence-electron chi connectivity index (χ2n) is 5.09. The average molecular weight is 337 g/mol. The van der Waals surface area contributed by atoms with Gasteiger partial charge in [0.2, 0.25) is 0 Å². The SMILES string of the molecule is CC(=O)C1=C(C)NC(=S)C(=C=[N-])C1c1ccccc1C(F)(F)F. The molecular weight excluding hydrogens is 325 g/mol. The Bertz CT molecular complexity index is 774. The molecule has 0 aliphatic carbocycles. The summed E-state index contributed by atoms with van der Waals surface area (Å²) in [4.78, 5) is 12.0. The van der Waals surface area contributed by atoms with Gasteiger partial charge in [-0.2, -0.15) is 13.2 Å². The number of rotatable bonds is 2. The molecule has 7 heteroatoms. The van der Waals surface area contributed by atoms with Gasteiger partial charge in [0.1, 0.15) is 4.99 Å². The van der Waals surface area contributed by atoms with Crippen molar-refractivity contribution in [3.63, 3.8) is 0 Å². The van der Waals surface area contributed by atoms with Crippen LogP contribution in [0.5, 0.6) is 0 Å². The van der Waals surface area contributed by atoms with E-state index in [1.807, 2.05) is 5.87 Å². The van der Waals surface area contributed by atoms with Crippen molar-refractivity contribution in [3.05, 3.63) is 57.6 Å². The van der Waals surface area contributed by atoms with Gasteiger partial charge in [-0.3, -0.25) is 10.7 Å². The Hall–Kier alpha value is -2.24. The topological polar surface area (TPSA) is 51.4 Å². The van der Waals surface area contributed by atoms with Gasteiger partial charge in [0.25, 0.3) is 0 Å². The highest BCUT2D eigenvalue weighted by molar-refractivity contribution is 7.80. The van der Waals surface area contributed by atoms with Crippen molar-refractivity contribution in [3.8, 4) is 0 Å². The van der Waals surface area contributed by atoms with Crippen molar-refractivity contribution in [1.29, 1.82) is 0 Å². The molecular formula is C16H12F3N2OS-. The molecule has 0 amide bonds. The van der Waals surface area contributed by atoms with Crippen LogP contribution in [0.15, 0.2) is 41.1 Å². The van der Waals surface area contributed by atoms with Crippen molar-refractivity contribution >= 4 is 28.9 Å². The van der Waals surface area contributed by atoms with Crippen molar-refractivity contribution in [2.24, 2.45) is 0 Å². The molecule has 1 aromatic carbocycles. The fourth-order valence-corrected chi connectivity index (χ4v) is 3.01. The first-order chi connectivity index (χ1) is 10.7. The summed E-state index contributed by atoms with van der Waals surface area (Å²) in [6, 6.07) is 4.91. The Balaban J connectivity index is 2.82. The fourth-order valence-electron chi connectivity index (χ4n) is 2.70. The van der Waals surface area contributed by atoms with Crippen LogP contribution in [0.2, 0.25) is 0 Å². The maximum absolute atomic E-state index is 13.3. The zero-order chi connectivity index (χ0) is 17.4. The molecule has 0 saturated heterocycles. The van der Waals surface area contributed by atoms with Crippen LogP contribution in [0, 0.1) is 0 Å². The zero-order valence-electron chi connectivity index (χ0n) is 12.3. The average Bonchev–Trinajstić information content (AvgIpc) is 2.45. The van der Waals surface area contributed by atoms with Gasteiger partial charge in [-0.25, -0.2) is 0 Å². The highest BCUT2D eigenvalue weighted by Crippen LogP contribution is 2.42. The molecule has 120 valence electrons. The summed E-state index contributed by atoms with van der Waals surface area (Å²) in [5.41, 5.74) is -0.609. The van der Waals surface area contributed by atoms with E-state index in [2.05, 4.69) is 5.32 Å². The van der Waals surface area contributed by atoms with Gasteiger partial charge < -0.3 is 10.7 Å². The summed E-state index contributed by atoms with van der Waals surface area (Å²) >= 11 is 5.06. The number of thiocarbonyl (C=S) groups is 1. The minimum absolute atomic E-state index is 0.0389. The maximum Gasteiger partial charge on any atom is 0.416 e. The van der Waals surface area contributed by atoms with E-state index in [4.69, 9.17) is 12.2 Å². The molecule has 1 unspecified atom stereocenters. The Labute approximate surface area is 136 Å². The van der Waals surface area contributed by atoms with Crippen molar-refractivity contribution < 1.29 is 18.0 Å². The summed E-state index contributed by atoms with van der Waals surface area (Å²) in [6.45, 7) is 2.81. The minimum atomic E-state index is -4.60. The normalized spacial score (nSPS) is 18.6. The molecule has 1 atom stereocenters. The highest BCUT2D eigenvalue weighted by Gasteiger charge is 2.39. The first-order valence-corrected chi connectivity index (χ1v) is 7.05. The molecule has 0 aromatic heterocycles. The Kier molecular flexibility index (Phi) is 4.54. The van der Waals surface area contributed by atoms with Gasteiger partial charge in [0, 0.05) is 22.8 Å². The van der Waals surface area contributed by atoms with Gasteiger partial charge in [0.05, 0.1) is 5.56 Å². The molecule has 0 spiro atoms. The van der Waals surface area contributed by atoms with Gasteiger partial charge in [-0.1, -0.05) is 30.4 Å². The molecule has 23 heavy (non-hydrogen) atoms. The molecule has 1 aliphatic rings. The van der Waals surface area contributed by atoms with Crippen LogP contribution in [0.1, 0.15) is 30.9 Å². The number of hydrogen-bond donors (Lipinski definition) is 1. The zero-order valence-corrected chi connectivity index (χ0v) is 13.1. The van der Waals surface area contributed by atoms with Crippen LogP contribution in [0.25, 0.3) is 5.41 Å². The number of hydrogen-bond acceptors (Lipinski definition) is 2. The van der Waals surface area contributed by atoms with E-state index in [-0.39, 0.29) is 21.7 Å². The lowest BCUT2D eigenvalue weighted by atomic mass is 9.78. The van der Waals surface area contributed by atoms with E-state index in [1.165, 1.54) is 25.1 Å². The lowest BCUT2D eigenvalue weighted by Gasteiger charge is -2.32. The number of alkyl halides is 3. The Morgan fingerprint density at radius 2 is 1.96 bits per heavy atom. The third kappa shape index (κ3) is 3.11. The molecule has 0 saturated carbocycles. The Morgan fingerprint density at radius 3 is 2.48 bits per heavy atom. The summed E-state index contributed by atoms with van der Waals surface area (Å²) in [5, 5.41) is 12.1. The van der Waals surface area contributed by atoms with Gasteiger partial charge in [-0.05, 0) is 25.5 Å². The number of benzene rings is 1. The lowest BCUT2D eigenvalue weighted by Crippen LogP contribution is -2.35. The minimum Gasteiger partial charge on any atom is -0.763 e. The van der Waals surface area contributed by atoms with E-state index in [0.29, 0.717) is 5.70 Å². The molecule has 3 nitrogen and oxygen atoms in total. The molecule has 0 radical (unpaired) electrons. The third-order valence-electron chi connectivity index (χ3n) is 3.60. The lowest BCUT2D eigenvalue weighted by molar-refractivity contribution is -0.138. The third-order valence-corrected chi connectivity index (χ3v) is 3.93. The van der Waals surface area contributed by atoms with Gasteiger partial charge >= 0.3 is 6.18 Å². The number of carbonyl (C=O) groups excluding carboxylic acids is 1. The highest BCUT2D eigenvalue weighted by atomic mass is 32.1. The molecule has 0 bridgehead atoms. The van der Waals surface area contributed by atoms with Crippen molar-refractivity contribution in [2.75, 3.05) is 0 Å². The first kappa shape index (κ1) is 17.1. The van der Waals surface area contributed by atoms with E-state index in [1.54, 1.807) is 6.92 Å². The van der Waals surface area contributed by atoms with Crippen LogP contribution in [0.4, 0.5) is 13.2 Å².